The van der Waals surface area contributed by atoms with Gasteiger partial charge in [0.2, 0.25) is 0 Å². The summed E-state index contributed by atoms with van der Waals surface area (Å²) in [5.41, 5.74) is -1.02. The number of halogens is 3. The van der Waals surface area contributed by atoms with E-state index in [-0.39, 0.29) is 16.9 Å². The minimum atomic E-state index is -1.30. The van der Waals surface area contributed by atoms with Gasteiger partial charge in [0, 0.05) is 0 Å². The van der Waals surface area contributed by atoms with Crippen LogP contribution in [0.25, 0.3) is 0 Å². The normalized spacial score (nSPS) is 9.65. The van der Waals surface area contributed by atoms with Crippen molar-refractivity contribution in [2.24, 2.45) is 0 Å². The first-order valence-electron chi connectivity index (χ1n) is 5.42. The highest BCUT2D eigenvalue weighted by Gasteiger charge is 2.15. The molecule has 6 heteroatoms. The molecule has 0 aliphatic rings. The summed E-state index contributed by atoms with van der Waals surface area (Å²) in [6, 6.07) is 9.14. The van der Waals surface area contributed by atoms with Crippen LogP contribution in [0, 0.1) is 40.1 Å². The molecule has 0 aliphatic carbocycles. The molecule has 3 nitrogen and oxygen atoms in total. The van der Waals surface area contributed by atoms with Crippen molar-refractivity contribution >= 4 is 11.4 Å². The van der Waals surface area contributed by atoms with Gasteiger partial charge in [-0.2, -0.15) is 10.5 Å². The van der Waals surface area contributed by atoms with Crippen LogP contribution in [-0.4, -0.2) is 0 Å². The predicted octanol–water partition coefficient (Wildman–Crippen LogP) is 3.59. The number of benzene rings is 2. The first kappa shape index (κ1) is 13.4. The molecule has 98 valence electrons. The monoisotopic (exact) mass is 273 g/mol. The molecule has 2 aromatic rings. The standard InChI is InChI=1S/C14H6F3N3/c15-10-2-1-3-11(9(10)7-19)20-12-5-4-8(6-18)13(16)14(12)17/h1-5,20H. The van der Waals surface area contributed by atoms with Gasteiger partial charge in [-0.05, 0) is 24.3 Å². The van der Waals surface area contributed by atoms with Crippen LogP contribution in [0.3, 0.4) is 0 Å². The predicted molar refractivity (Wildman–Crippen MR) is 65.5 cm³/mol. The summed E-state index contributed by atoms with van der Waals surface area (Å²) in [7, 11) is 0. The average molecular weight is 273 g/mol. The summed E-state index contributed by atoms with van der Waals surface area (Å²) in [4.78, 5) is 0. The van der Waals surface area contributed by atoms with Gasteiger partial charge in [0.05, 0.1) is 16.9 Å². The number of anilines is 2. The maximum absolute atomic E-state index is 13.7. The highest BCUT2D eigenvalue weighted by molar-refractivity contribution is 5.67. The summed E-state index contributed by atoms with van der Waals surface area (Å²) in [5.74, 6) is -3.34. The number of nitriles is 2. The van der Waals surface area contributed by atoms with Gasteiger partial charge >= 0.3 is 0 Å². The number of hydrogen-bond acceptors (Lipinski definition) is 3. The van der Waals surface area contributed by atoms with Crippen molar-refractivity contribution in [3.8, 4) is 12.1 Å². The molecule has 0 fully saturated rings. The fourth-order valence-corrected chi connectivity index (χ4v) is 1.62. The summed E-state index contributed by atoms with van der Waals surface area (Å²) in [6.45, 7) is 0. The fraction of sp³-hybridized carbons (Fsp3) is 0. The van der Waals surface area contributed by atoms with E-state index in [1.165, 1.54) is 18.2 Å². The Hall–Kier alpha value is -2.99. The van der Waals surface area contributed by atoms with Crippen molar-refractivity contribution in [3.05, 3.63) is 58.9 Å². The van der Waals surface area contributed by atoms with Crippen molar-refractivity contribution in [2.45, 2.75) is 0 Å². The Morgan fingerprint density at radius 2 is 1.60 bits per heavy atom. The molecule has 0 bridgehead atoms. The molecule has 20 heavy (non-hydrogen) atoms. The van der Waals surface area contributed by atoms with Gasteiger partial charge in [0.15, 0.2) is 11.6 Å². The largest absolute Gasteiger partial charge is 0.352 e. The lowest BCUT2D eigenvalue weighted by Gasteiger charge is -2.10. The van der Waals surface area contributed by atoms with E-state index in [1.807, 2.05) is 0 Å². The van der Waals surface area contributed by atoms with E-state index in [2.05, 4.69) is 5.32 Å². The van der Waals surface area contributed by atoms with Gasteiger partial charge in [-0.3, -0.25) is 0 Å². The van der Waals surface area contributed by atoms with Crippen LogP contribution >= 0.6 is 0 Å². The smallest absolute Gasteiger partial charge is 0.183 e. The Labute approximate surface area is 112 Å². The minimum absolute atomic E-state index is 0.00973. The zero-order valence-corrected chi connectivity index (χ0v) is 9.92. The van der Waals surface area contributed by atoms with Crippen LogP contribution in [0.2, 0.25) is 0 Å². The van der Waals surface area contributed by atoms with Crippen molar-refractivity contribution in [3.63, 3.8) is 0 Å². The molecule has 0 spiro atoms. The van der Waals surface area contributed by atoms with E-state index in [0.717, 1.165) is 18.2 Å². The maximum Gasteiger partial charge on any atom is 0.183 e. The number of rotatable bonds is 2. The van der Waals surface area contributed by atoms with Gasteiger partial charge in [0.1, 0.15) is 23.5 Å². The Morgan fingerprint density at radius 1 is 0.850 bits per heavy atom. The molecule has 0 aromatic heterocycles. The van der Waals surface area contributed by atoms with E-state index < -0.39 is 23.0 Å². The molecule has 0 unspecified atom stereocenters. The average Bonchev–Trinajstić information content (AvgIpc) is 2.44. The second kappa shape index (κ2) is 5.33. The Balaban J connectivity index is 2.47. The first-order chi connectivity index (χ1) is 9.58. The number of nitrogens with zero attached hydrogens (tertiary/aromatic N) is 2. The summed E-state index contributed by atoms with van der Waals surface area (Å²) < 4.78 is 40.5. The van der Waals surface area contributed by atoms with Crippen LogP contribution in [0.4, 0.5) is 24.5 Å². The molecule has 0 radical (unpaired) electrons. The Morgan fingerprint density at radius 3 is 2.25 bits per heavy atom. The molecule has 0 saturated heterocycles. The lowest BCUT2D eigenvalue weighted by molar-refractivity contribution is 0.509. The zero-order valence-electron chi connectivity index (χ0n) is 9.92. The highest BCUT2D eigenvalue weighted by Crippen LogP contribution is 2.26. The van der Waals surface area contributed by atoms with E-state index in [1.54, 1.807) is 6.07 Å². The summed E-state index contributed by atoms with van der Waals surface area (Å²) in [6.07, 6.45) is 0. The van der Waals surface area contributed by atoms with Crippen LogP contribution in [-0.2, 0) is 0 Å². The Bertz CT molecular complexity index is 757. The van der Waals surface area contributed by atoms with Crippen molar-refractivity contribution < 1.29 is 13.2 Å². The minimum Gasteiger partial charge on any atom is -0.352 e. The van der Waals surface area contributed by atoms with Crippen molar-refractivity contribution in [1.82, 2.24) is 0 Å². The van der Waals surface area contributed by atoms with Gasteiger partial charge in [0.25, 0.3) is 0 Å². The van der Waals surface area contributed by atoms with Gasteiger partial charge in [-0.1, -0.05) is 6.07 Å². The number of hydrogen-bond donors (Lipinski definition) is 1. The molecule has 2 rings (SSSR count). The third kappa shape index (κ3) is 2.27. The van der Waals surface area contributed by atoms with Gasteiger partial charge in [-0.15, -0.1) is 0 Å². The van der Waals surface area contributed by atoms with Crippen LogP contribution < -0.4 is 5.32 Å². The highest BCUT2D eigenvalue weighted by atomic mass is 19.2. The van der Waals surface area contributed by atoms with Crippen molar-refractivity contribution in [2.75, 3.05) is 5.32 Å². The third-order valence-electron chi connectivity index (χ3n) is 2.60. The van der Waals surface area contributed by atoms with E-state index >= 15 is 0 Å². The second-order valence-corrected chi connectivity index (χ2v) is 3.80. The van der Waals surface area contributed by atoms with Crippen molar-refractivity contribution in [1.29, 1.82) is 10.5 Å². The Kier molecular flexibility index (Phi) is 3.58. The lowest BCUT2D eigenvalue weighted by atomic mass is 10.1. The topological polar surface area (TPSA) is 59.6 Å². The molecular formula is C14H6F3N3. The molecule has 1 N–H and O–H groups in total. The van der Waals surface area contributed by atoms with Crippen LogP contribution in [0.5, 0.6) is 0 Å². The van der Waals surface area contributed by atoms with E-state index in [9.17, 15) is 13.2 Å². The summed E-state index contributed by atoms with van der Waals surface area (Å²) >= 11 is 0. The molecular weight excluding hydrogens is 267 g/mol. The molecule has 0 aliphatic heterocycles. The third-order valence-corrected chi connectivity index (χ3v) is 2.60. The first-order valence-corrected chi connectivity index (χ1v) is 5.42. The lowest BCUT2D eigenvalue weighted by Crippen LogP contribution is -2.01. The zero-order chi connectivity index (χ0) is 14.7. The quantitative estimate of drug-likeness (QED) is 0.909. The summed E-state index contributed by atoms with van der Waals surface area (Å²) in [5, 5.41) is 19.9. The second-order valence-electron chi connectivity index (χ2n) is 3.80. The molecule has 0 heterocycles. The number of nitrogens with one attached hydrogen (secondary N) is 1. The molecule has 0 amide bonds. The van der Waals surface area contributed by atoms with Crippen LogP contribution in [0.1, 0.15) is 11.1 Å². The molecule has 0 atom stereocenters. The fourth-order valence-electron chi connectivity index (χ4n) is 1.62. The molecule has 0 saturated carbocycles. The van der Waals surface area contributed by atoms with Crippen LogP contribution in [0.15, 0.2) is 30.3 Å². The van der Waals surface area contributed by atoms with Gasteiger partial charge in [-0.25, -0.2) is 13.2 Å². The molecule has 2 aromatic carbocycles. The SMILES string of the molecule is N#Cc1ccc(Nc2cccc(F)c2C#N)c(F)c1F. The van der Waals surface area contributed by atoms with E-state index in [0.29, 0.717) is 0 Å². The maximum atomic E-state index is 13.7. The van der Waals surface area contributed by atoms with Gasteiger partial charge < -0.3 is 5.32 Å². The van der Waals surface area contributed by atoms with E-state index in [4.69, 9.17) is 10.5 Å².